The summed E-state index contributed by atoms with van der Waals surface area (Å²) in [7, 11) is -0.0582. The van der Waals surface area contributed by atoms with Crippen LogP contribution in [0.1, 0.15) is 6.42 Å². The van der Waals surface area contributed by atoms with Crippen LogP contribution in [-0.2, 0) is 10.2 Å². The van der Waals surface area contributed by atoms with E-state index in [2.05, 4.69) is 26.0 Å². The zero-order chi connectivity index (χ0) is 13.6. The van der Waals surface area contributed by atoms with E-state index in [0.717, 1.165) is 17.4 Å². The van der Waals surface area contributed by atoms with Gasteiger partial charge in [-0.2, -0.15) is 12.7 Å². The molecule has 0 spiro atoms. The molecule has 0 aromatic heterocycles. The van der Waals surface area contributed by atoms with Crippen LogP contribution in [-0.4, -0.2) is 39.9 Å². The molecule has 0 aliphatic heterocycles. The molecule has 0 radical (unpaired) electrons. The molecule has 0 unspecified atom stereocenters. The smallest absolute Gasteiger partial charge is 0.301 e. The van der Waals surface area contributed by atoms with Crippen molar-refractivity contribution in [3.63, 3.8) is 0 Å². The van der Waals surface area contributed by atoms with Gasteiger partial charge in [0.2, 0.25) is 0 Å². The van der Waals surface area contributed by atoms with Crippen molar-refractivity contribution in [1.82, 2.24) is 9.62 Å². The number of nitrogens with zero attached hydrogens (tertiary/aromatic N) is 1. The van der Waals surface area contributed by atoms with Crippen molar-refractivity contribution in [2.75, 3.05) is 31.9 Å². The van der Waals surface area contributed by atoms with Gasteiger partial charge in [-0.25, -0.2) is 0 Å². The maximum absolute atomic E-state index is 12.0. The highest BCUT2D eigenvalue weighted by Crippen LogP contribution is 2.16. The second-order valence-corrected chi connectivity index (χ2v) is 6.59. The number of benzene rings is 1. The van der Waals surface area contributed by atoms with Crippen molar-refractivity contribution in [2.24, 2.45) is 0 Å². The van der Waals surface area contributed by atoms with E-state index in [9.17, 15) is 8.42 Å². The fourth-order valence-electron chi connectivity index (χ4n) is 1.34. The van der Waals surface area contributed by atoms with Crippen molar-refractivity contribution < 1.29 is 8.42 Å². The monoisotopic (exact) mass is 335 g/mol. The first-order valence-corrected chi connectivity index (χ1v) is 7.83. The van der Waals surface area contributed by atoms with Gasteiger partial charge in [0.25, 0.3) is 0 Å². The zero-order valence-electron chi connectivity index (χ0n) is 10.5. The van der Waals surface area contributed by atoms with Gasteiger partial charge >= 0.3 is 10.2 Å². The summed E-state index contributed by atoms with van der Waals surface area (Å²) in [6.07, 6.45) is 0.772. The Morgan fingerprint density at radius 2 is 1.89 bits per heavy atom. The predicted molar refractivity (Wildman–Crippen MR) is 77.9 cm³/mol. The third-order valence-electron chi connectivity index (χ3n) is 2.40. The van der Waals surface area contributed by atoms with Crippen molar-refractivity contribution in [3.05, 3.63) is 28.7 Å². The fourth-order valence-corrected chi connectivity index (χ4v) is 2.57. The van der Waals surface area contributed by atoms with Gasteiger partial charge in [-0.05, 0) is 44.3 Å². The Balaban J connectivity index is 2.60. The number of rotatable bonds is 7. The molecule has 1 aromatic carbocycles. The molecule has 0 aliphatic carbocycles. The van der Waals surface area contributed by atoms with Gasteiger partial charge in [0.1, 0.15) is 0 Å². The highest BCUT2D eigenvalue weighted by molar-refractivity contribution is 9.10. The van der Waals surface area contributed by atoms with Crippen molar-refractivity contribution in [3.8, 4) is 0 Å². The molecule has 0 aliphatic rings. The Bertz CT molecular complexity index is 462. The summed E-state index contributed by atoms with van der Waals surface area (Å²) in [5.41, 5.74) is 0.554. The van der Waals surface area contributed by atoms with E-state index in [1.165, 1.54) is 4.31 Å². The summed E-state index contributed by atoms with van der Waals surface area (Å²) in [5.74, 6) is 0. The molecule has 18 heavy (non-hydrogen) atoms. The predicted octanol–water partition coefficient (Wildman–Crippen LogP) is 1.65. The summed E-state index contributed by atoms with van der Waals surface area (Å²) in [5, 5.41) is 2.98. The molecule has 0 fully saturated rings. The first-order chi connectivity index (χ1) is 8.45. The summed E-state index contributed by atoms with van der Waals surface area (Å²) in [6, 6.07) is 7.00. The Morgan fingerprint density at radius 1 is 1.28 bits per heavy atom. The second kappa shape index (κ2) is 7.08. The minimum atomic E-state index is -3.47. The third kappa shape index (κ3) is 4.93. The van der Waals surface area contributed by atoms with Crippen LogP contribution >= 0.6 is 15.9 Å². The van der Waals surface area contributed by atoms with E-state index in [4.69, 9.17) is 0 Å². The van der Waals surface area contributed by atoms with Gasteiger partial charge in [-0.1, -0.05) is 15.9 Å². The lowest BCUT2D eigenvalue weighted by molar-refractivity contribution is 0.462. The van der Waals surface area contributed by atoms with Crippen LogP contribution in [0, 0.1) is 0 Å². The first-order valence-electron chi connectivity index (χ1n) is 5.60. The second-order valence-electron chi connectivity index (χ2n) is 3.89. The molecule has 0 heterocycles. The van der Waals surface area contributed by atoms with Gasteiger partial charge in [-0.3, -0.25) is 4.72 Å². The van der Waals surface area contributed by atoms with Crippen LogP contribution in [0.5, 0.6) is 0 Å². The summed E-state index contributed by atoms with van der Waals surface area (Å²) >= 11 is 3.30. The lowest BCUT2D eigenvalue weighted by Gasteiger charge is -2.18. The topological polar surface area (TPSA) is 61.4 Å². The van der Waals surface area contributed by atoms with Gasteiger partial charge in [0.15, 0.2) is 0 Å². The number of nitrogens with one attached hydrogen (secondary N) is 2. The van der Waals surface area contributed by atoms with Crippen LogP contribution in [0.2, 0.25) is 0 Å². The summed E-state index contributed by atoms with van der Waals surface area (Å²) in [4.78, 5) is 0. The maximum Gasteiger partial charge on any atom is 0.301 e. The first kappa shape index (κ1) is 15.4. The van der Waals surface area contributed by atoms with E-state index in [1.807, 2.05) is 7.05 Å². The number of anilines is 1. The van der Waals surface area contributed by atoms with E-state index in [0.29, 0.717) is 12.2 Å². The van der Waals surface area contributed by atoms with Crippen LogP contribution in [0.4, 0.5) is 5.69 Å². The molecule has 0 amide bonds. The molecule has 7 heteroatoms. The Kier molecular flexibility index (Phi) is 6.07. The van der Waals surface area contributed by atoms with Crippen LogP contribution < -0.4 is 10.0 Å². The molecule has 0 saturated carbocycles. The molecule has 5 nitrogen and oxygen atoms in total. The molecule has 2 N–H and O–H groups in total. The SMILES string of the molecule is CNCCCN(C)S(=O)(=O)Nc1ccc(Br)cc1. The largest absolute Gasteiger partial charge is 0.320 e. The van der Waals surface area contributed by atoms with Crippen molar-refractivity contribution in [1.29, 1.82) is 0 Å². The van der Waals surface area contributed by atoms with Crippen LogP contribution in [0.25, 0.3) is 0 Å². The highest BCUT2D eigenvalue weighted by Gasteiger charge is 2.16. The van der Waals surface area contributed by atoms with Crippen molar-refractivity contribution in [2.45, 2.75) is 6.42 Å². The quantitative estimate of drug-likeness (QED) is 0.745. The summed E-state index contributed by atoms with van der Waals surface area (Å²) in [6.45, 7) is 1.27. The Hall–Kier alpha value is -0.630. The average Bonchev–Trinajstić information content (AvgIpc) is 2.32. The van der Waals surface area contributed by atoms with Crippen LogP contribution in [0.3, 0.4) is 0 Å². The molecule has 1 rings (SSSR count). The van der Waals surface area contributed by atoms with Crippen LogP contribution in [0.15, 0.2) is 28.7 Å². The maximum atomic E-state index is 12.0. The number of hydrogen-bond donors (Lipinski definition) is 2. The summed E-state index contributed by atoms with van der Waals surface area (Å²) < 4.78 is 28.7. The number of hydrogen-bond acceptors (Lipinski definition) is 3. The van der Waals surface area contributed by atoms with Gasteiger partial charge in [-0.15, -0.1) is 0 Å². The normalized spacial score (nSPS) is 11.8. The molecule has 0 saturated heterocycles. The number of halogens is 1. The highest BCUT2D eigenvalue weighted by atomic mass is 79.9. The Labute approximate surface area is 117 Å². The molecular weight excluding hydrogens is 318 g/mol. The van der Waals surface area contributed by atoms with E-state index in [-0.39, 0.29) is 0 Å². The molecule has 1 aromatic rings. The minimum absolute atomic E-state index is 0.479. The van der Waals surface area contributed by atoms with E-state index in [1.54, 1.807) is 31.3 Å². The van der Waals surface area contributed by atoms with Gasteiger partial charge in [0.05, 0.1) is 0 Å². The molecule has 0 atom stereocenters. The van der Waals surface area contributed by atoms with Crippen molar-refractivity contribution >= 4 is 31.8 Å². The van der Waals surface area contributed by atoms with Gasteiger partial charge < -0.3 is 5.32 Å². The molecule has 0 bridgehead atoms. The molecular formula is C11H18BrN3O2S. The van der Waals surface area contributed by atoms with E-state index >= 15 is 0 Å². The zero-order valence-corrected chi connectivity index (χ0v) is 12.9. The third-order valence-corrected chi connectivity index (χ3v) is 4.43. The average molecular weight is 336 g/mol. The van der Waals surface area contributed by atoms with E-state index < -0.39 is 10.2 Å². The lowest BCUT2D eigenvalue weighted by atomic mass is 10.3. The standard InChI is InChI=1S/C11H18BrN3O2S/c1-13-8-3-9-15(2)18(16,17)14-11-6-4-10(12)5-7-11/h4-7,13-14H,3,8-9H2,1-2H3. The minimum Gasteiger partial charge on any atom is -0.320 e. The Morgan fingerprint density at radius 3 is 2.44 bits per heavy atom. The molecule has 102 valence electrons. The fraction of sp³-hybridized carbons (Fsp3) is 0.455. The lowest BCUT2D eigenvalue weighted by Crippen LogP contribution is -2.34. The van der Waals surface area contributed by atoms with Gasteiger partial charge in [0, 0.05) is 23.8 Å².